The van der Waals surface area contributed by atoms with E-state index in [1.54, 1.807) is 6.07 Å². The summed E-state index contributed by atoms with van der Waals surface area (Å²) in [5.41, 5.74) is 3.81. The van der Waals surface area contributed by atoms with Crippen LogP contribution in [0.25, 0.3) is 0 Å². The summed E-state index contributed by atoms with van der Waals surface area (Å²) in [7, 11) is 2.08. The maximum absolute atomic E-state index is 6.21. The van der Waals surface area contributed by atoms with Gasteiger partial charge in [-0.2, -0.15) is 0 Å². The molecule has 1 aromatic carbocycles. The number of nitrogens with one attached hydrogen (secondary N) is 1. The minimum Gasteiger partial charge on any atom is -0.374 e. The van der Waals surface area contributed by atoms with Crippen molar-refractivity contribution in [1.29, 1.82) is 0 Å². The first kappa shape index (κ1) is 15.0. The number of hydrogen-bond acceptors (Lipinski definition) is 4. The molecule has 0 amide bonds. The van der Waals surface area contributed by atoms with Gasteiger partial charge in [0.15, 0.2) is 0 Å². The van der Waals surface area contributed by atoms with E-state index >= 15 is 0 Å². The van der Waals surface area contributed by atoms with Crippen LogP contribution in [0.4, 0.5) is 0 Å². The smallest absolute Gasteiger partial charge is 0.0871 e. The summed E-state index contributed by atoms with van der Waals surface area (Å²) in [4.78, 5) is 2.23. The number of hydrazine groups is 1. The third kappa shape index (κ3) is 3.81. The third-order valence-electron chi connectivity index (χ3n) is 3.43. The number of hydrogen-bond donors (Lipinski definition) is 2. The van der Waals surface area contributed by atoms with Crippen LogP contribution >= 0.6 is 23.2 Å². The number of nitrogens with zero attached hydrogens (tertiary/aromatic N) is 1. The summed E-state index contributed by atoms with van der Waals surface area (Å²) in [5.74, 6) is 5.66. The molecule has 1 fully saturated rings. The van der Waals surface area contributed by atoms with E-state index in [9.17, 15) is 0 Å². The Hall–Kier alpha value is -0.360. The van der Waals surface area contributed by atoms with Gasteiger partial charge >= 0.3 is 0 Å². The van der Waals surface area contributed by atoms with Crippen LogP contribution in [0.3, 0.4) is 0 Å². The summed E-state index contributed by atoms with van der Waals surface area (Å²) in [6, 6.07) is 5.65. The molecule has 2 unspecified atom stereocenters. The lowest BCUT2D eigenvalue weighted by Crippen LogP contribution is -2.54. The first-order valence-electron chi connectivity index (χ1n) is 6.31. The molecule has 0 spiro atoms. The van der Waals surface area contributed by atoms with Gasteiger partial charge in [0.05, 0.1) is 28.8 Å². The zero-order valence-electron chi connectivity index (χ0n) is 10.9. The molecular weight excluding hydrogens is 285 g/mol. The van der Waals surface area contributed by atoms with Crippen molar-refractivity contribution in [3.05, 3.63) is 33.8 Å². The van der Waals surface area contributed by atoms with E-state index in [1.165, 1.54) is 0 Å². The maximum atomic E-state index is 6.21. The Kier molecular flexibility index (Phi) is 5.45. The predicted octanol–water partition coefficient (Wildman–Crippen LogP) is 1.70. The Bertz CT molecular complexity index is 430. The molecule has 0 radical (unpaired) electrons. The molecule has 1 saturated heterocycles. The first-order valence-corrected chi connectivity index (χ1v) is 7.06. The lowest BCUT2D eigenvalue weighted by molar-refractivity contribution is -0.0384. The number of likely N-dealkylation sites (N-methyl/N-ethyl adjacent to an activating group) is 1. The second kappa shape index (κ2) is 6.88. The Morgan fingerprint density at radius 1 is 1.53 bits per heavy atom. The van der Waals surface area contributed by atoms with Gasteiger partial charge in [-0.05, 0) is 25.1 Å². The highest BCUT2D eigenvalue weighted by Crippen LogP contribution is 2.27. The van der Waals surface area contributed by atoms with Gasteiger partial charge in [-0.1, -0.05) is 35.3 Å². The van der Waals surface area contributed by atoms with Crippen LogP contribution in [-0.2, 0) is 11.2 Å². The van der Waals surface area contributed by atoms with E-state index in [0.717, 1.165) is 25.3 Å². The molecule has 106 valence electrons. The van der Waals surface area contributed by atoms with Gasteiger partial charge in [0.2, 0.25) is 0 Å². The molecule has 0 aromatic heterocycles. The zero-order chi connectivity index (χ0) is 13.8. The molecule has 0 aliphatic carbocycles. The summed E-state index contributed by atoms with van der Waals surface area (Å²) < 4.78 is 5.78. The molecule has 0 bridgehead atoms. The highest BCUT2D eigenvalue weighted by atomic mass is 35.5. The third-order valence-corrected chi connectivity index (χ3v) is 4.29. The molecular formula is C13H19Cl2N3O. The van der Waals surface area contributed by atoms with Gasteiger partial charge in [0.25, 0.3) is 0 Å². The largest absolute Gasteiger partial charge is 0.374 e. The molecule has 2 rings (SSSR count). The van der Waals surface area contributed by atoms with Crippen molar-refractivity contribution in [2.45, 2.75) is 18.6 Å². The van der Waals surface area contributed by atoms with E-state index in [-0.39, 0.29) is 12.1 Å². The topological polar surface area (TPSA) is 50.5 Å². The summed E-state index contributed by atoms with van der Waals surface area (Å²) in [6.07, 6.45) is 0.743. The molecule has 4 nitrogen and oxygen atoms in total. The molecule has 6 heteroatoms. The maximum Gasteiger partial charge on any atom is 0.0871 e. The average molecular weight is 304 g/mol. The van der Waals surface area contributed by atoms with Crippen LogP contribution < -0.4 is 11.3 Å². The minimum absolute atomic E-state index is 0.0127. The quantitative estimate of drug-likeness (QED) is 0.657. The monoisotopic (exact) mass is 303 g/mol. The Balaban J connectivity index is 2.08. The van der Waals surface area contributed by atoms with Crippen LogP contribution in [-0.4, -0.2) is 43.8 Å². The minimum atomic E-state index is 0.0127. The molecule has 1 aliphatic heterocycles. The van der Waals surface area contributed by atoms with Crippen molar-refractivity contribution < 1.29 is 4.74 Å². The van der Waals surface area contributed by atoms with Crippen molar-refractivity contribution in [3.8, 4) is 0 Å². The number of nitrogens with two attached hydrogens (primary N) is 1. The number of ether oxygens (including phenoxy) is 1. The van der Waals surface area contributed by atoms with Crippen molar-refractivity contribution >= 4 is 23.2 Å². The Labute approximate surface area is 123 Å². The molecule has 1 aliphatic rings. The second-order valence-electron chi connectivity index (χ2n) is 4.86. The zero-order valence-corrected chi connectivity index (χ0v) is 12.4. The highest BCUT2D eigenvalue weighted by Gasteiger charge is 2.26. The fourth-order valence-electron chi connectivity index (χ4n) is 2.30. The van der Waals surface area contributed by atoms with Crippen LogP contribution in [0.15, 0.2) is 18.2 Å². The lowest BCUT2D eigenvalue weighted by Gasteiger charge is -2.35. The van der Waals surface area contributed by atoms with Gasteiger partial charge in [0, 0.05) is 13.1 Å². The summed E-state index contributed by atoms with van der Waals surface area (Å²) in [6.45, 7) is 2.53. The Morgan fingerprint density at radius 2 is 2.32 bits per heavy atom. The van der Waals surface area contributed by atoms with Crippen molar-refractivity contribution in [3.63, 3.8) is 0 Å². The van der Waals surface area contributed by atoms with Crippen molar-refractivity contribution in [2.24, 2.45) is 5.84 Å². The second-order valence-corrected chi connectivity index (χ2v) is 5.65. The van der Waals surface area contributed by atoms with Gasteiger partial charge in [0.1, 0.15) is 0 Å². The fraction of sp³-hybridized carbons (Fsp3) is 0.538. The van der Waals surface area contributed by atoms with E-state index in [2.05, 4.69) is 17.4 Å². The van der Waals surface area contributed by atoms with E-state index in [0.29, 0.717) is 16.5 Å². The summed E-state index contributed by atoms with van der Waals surface area (Å²) >= 11 is 12.2. The number of morpholine rings is 1. The van der Waals surface area contributed by atoms with Crippen molar-refractivity contribution in [1.82, 2.24) is 10.3 Å². The van der Waals surface area contributed by atoms with E-state index < -0.39 is 0 Å². The van der Waals surface area contributed by atoms with Crippen LogP contribution in [0.5, 0.6) is 0 Å². The number of benzene rings is 1. The SMILES string of the molecule is CN1CCOC(C(Cc2cccc(Cl)c2Cl)NN)C1. The number of rotatable bonds is 4. The molecule has 1 aromatic rings. The fourth-order valence-corrected chi connectivity index (χ4v) is 2.69. The van der Waals surface area contributed by atoms with E-state index in [4.69, 9.17) is 33.8 Å². The molecule has 2 atom stereocenters. The Morgan fingerprint density at radius 3 is 3.00 bits per heavy atom. The van der Waals surface area contributed by atoms with Crippen molar-refractivity contribution in [2.75, 3.05) is 26.7 Å². The predicted molar refractivity (Wildman–Crippen MR) is 78.5 cm³/mol. The standard InChI is InChI=1S/C13H19Cl2N3O/c1-18-5-6-19-12(8-18)11(17-16)7-9-3-2-4-10(14)13(9)15/h2-4,11-12,17H,5-8,16H2,1H3. The van der Waals surface area contributed by atoms with Crippen LogP contribution in [0.2, 0.25) is 10.0 Å². The van der Waals surface area contributed by atoms with E-state index in [1.807, 2.05) is 12.1 Å². The lowest BCUT2D eigenvalue weighted by atomic mass is 10.0. The summed E-state index contributed by atoms with van der Waals surface area (Å²) in [5, 5.41) is 1.16. The average Bonchev–Trinajstić information content (AvgIpc) is 2.40. The molecule has 1 heterocycles. The van der Waals surface area contributed by atoms with Gasteiger partial charge in [-0.25, -0.2) is 0 Å². The number of halogens is 2. The highest BCUT2D eigenvalue weighted by molar-refractivity contribution is 6.42. The molecule has 19 heavy (non-hydrogen) atoms. The normalized spacial score (nSPS) is 22.4. The molecule has 3 N–H and O–H groups in total. The molecule has 0 saturated carbocycles. The van der Waals surface area contributed by atoms with Crippen LogP contribution in [0, 0.1) is 0 Å². The van der Waals surface area contributed by atoms with Gasteiger partial charge in [-0.15, -0.1) is 0 Å². The first-order chi connectivity index (χ1) is 9.11. The van der Waals surface area contributed by atoms with Gasteiger partial charge in [-0.3, -0.25) is 11.3 Å². The van der Waals surface area contributed by atoms with Gasteiger partial charge < -0.3 is 9.64 Å². The van der Waals surface area contributed by atoms with Crippen LogP contribution in [0.1, 0.15) is 5.56 Å².